The first-order valence-corrected chi connectivity index (χ1v) is 12.4. The molecule has 0 atom stereocenters. The van der Waals surface area contributed by atoms with Gasteiger partial charge in [-0.2, -0.15) is 5.26 Å². The predicted octanol–water partition coefficient (Wildman–Crippen LogP) is 4.18. The molecule has 1 aromatic carbocycles. The maximum atomic E-state index is 12.4. The number of aromatic nitrogens is 1. The normalized spacial score (nSPS) is 12.3. The van der Waals surface area contributed by atoms with Crippen molar-refractivity contribution in [3.05, 3.63) is 62.8 Å². The van der Waals surface area contributed by atoms with Crippen LogP contribution in [0.25, 0.3) is 0 Å². The van der Waals surface area contributed by atoms with Crippen LogP contribution in [0, 0.1) is 18.3 Å². The van der Waals surface area contributed by atoms with Gasteiger partial charge in [0.25, 0.3) is 5.91 Å². The summed E-state index contributed by atoms with van der Waals surface area (Å²) in [4.78, 5) is 19.2. The van der Waals surface area contributed by atoms with E-state index in [9.17, 15) is 13.2 Å². The van der Waals surface area contributed by atoms with E-state index in [0.29, 0.717) is 32.9 Å². The Kier molecular flexibility index (Phi) is 8.44. The number of ether oxygens (including phenoxy) is 1. The monoisotopic (exact) mass is 494 g/mol. The second-order valence-electron chi connectivity index (χ2n) is 6.92. The van der Waals surface area contributed by atoms with Gasteiger partial charge in [0.15, 0.2) is 5.13 Å². The van der Waals surface area contributed by atoms with Crippen molar-refractivity contribution in [3.63, 3.8) is 0 Å². The van der Waals surface area contributed by atoms with Crippen LogP contribution >= 0.6 is 22.9 Å². The van der Waals surface area contributed by atoms with Crippen LogP contribution in [-0.4, -0.2) is 32.7 Å². The number of thiazole rings is 1. The first kappa shape index (κ1) is 25.4. The quantitative estimate of drug-likeness (QED) is 0.432. The Morgan fingerprint density at radius 3 is 2.66 bits per heavy atom. The molecule has 0 unspecified atom stereocenters. The lowest BCUT2D eigenvalue weighted by Crippen LogP contribution is -2.30. The highest BCUT2D eigenvalue weighted by atomic mass is 35.5. The van der Waals surface area contributed by atoms with E-state index in [1.807, 2.05) is 22.6 Å². The van der Waals surface area contributed by atoms with E-state index in [2.05, 4.69) is 11.1 Å². The van der Waals surface area contributed by atoms with Crippen molar-refractivity contribution in [2.24, 2.45) is 0 Å². The number of sulfonamides is 1. The molecule has 0 saturated heterocycles. The number of nitrogens with one attached hydrogen (secondary N) is 1. The van der Waals surface area contributed by atoms with Crippen LogP contribution in [0.1, 0.15) is 34.8 Å². The van der Waals surface area contributed by atoms with E-state index in [-0.39, 0.29) is 5.69 Å². The van der Waals surface area contributed by atoms with Gasteiger partial charge < -0.3 is 9.64 Å². The number of carbonyl (C=O) groups excluding carboxylic acids is 1. The number of methoxy groups -OCH3 is 1. The number of nitrogens with zero attached hydrogens (tertiary/aromatic N) is 3. The van der Waals surface area contributed by atoms with Crippen molar-refractivity contribution in [2.45, 2.75) is 27.3 Å². The van der Waals surface area contributed by atoms with Gasteiger partial charge in [0.1, 0.15) is 11.4 Å². The second-order valence-corrected chi connectivity index (χ2v) is 10.3. The average Bonchev–Trinajstić information content (AvgIpc) is 3.10. The fraction of sp³-hybridized carbons (Fsp3) is 0.286. The summed E-state index contributed by atoms with van der Waals surface area (Å²) in [6.45, 7) is 5.56. The van der Waals surface area contributed by atoms with Crippen molar-refractivity contribution in [1.82, 2.24) is 9.71 Å². The fourth-order valence-corrected chi connectivity index (χ4v) is 4.22. The van der Waals surface area contributed by atoms with Crippen molar-refractivity contribution in [1.29, 1.82) is 5.26 Å². The lowest BCUT2D eigenvalue weighted by Gasteiger charge is -2.23. The molecular formula is C21H23ClN4O4S2. The molecule has 8 nitrogen and oxygen atoms in total. The molecule has 2 rings (SSSR count). The molecule has 0 radical (unpaired) electrons. The molecule has 1 heterocycles. The largest absolute Gasteiger partial charge is 0.496 e. The average molecular weight is 495 g/mol. The lowest BCUT2D eigenvalue weighted by atomic mass is 10.1. The number of benzene rings is 1. The molecule has 1 amide bonds. The third-order valence-corrected chi connectivity index (χ3v) is 6.05. The maximum absolute atomic E-state index is 12.4. The van der Waals surface area contributed by atoms with Crippen LogP contribution < -0.4 is 14.4 Å². The second kappa shape index (κ2) is 10.6. The van der Waals surface area contributed by atoms with E-state index < -0.39 is 15.9 Å². The van der Waals surface area contributed by atoms with Crippen LogP contribution in [0.4, 0.5) is 5.13 Å². The minimum absolute atomic E-state index is 0.0278. The number of allylic oxidation sites excluding steroid dienone is 4. The van der Waals surface area contributed by atoms with E-state index in [1.165, 1.54) is 11.3 Å². The molecule has 170 valence electrons. The van der Waals surface area contributed by atoms with Gasteiger partial charge in [0.2, 0.25) is 10.0 Å². The molecular weight excluding hydrogens is 472 g/mol. The third kappa shape index (κ3) is 6.82. The molecule has 0 spiro atoms. The zero-order chi connectivity index (χ0) is 24.1. The number of anilines is 1. The summed E-state index contributed by atoms with van der Waals surface area (Å²) in [6, 6.07) is 7.34. The number of carbonyl (C=O) groups is 1. The van der Waals surface area contributed by atoms with Crippen molar-refractivity contribution in [2.75, 3.05) is 18.3 Å². The van der Waals surface area contributed by atoms with Gasteiger partial charge in [-0.1, -0.05) is 17.7 Å². The van der Waals surface area contributed by atoms with Crippen molar-refractivity contribution >= 4 is 44.0 Å². The number of amides is 1. The smallest absolute Gasteiger partial charge is 0.284 e. The number of halogens is 1. The minimum atomic E-state index is -3.73. The Morgan fingerprint density at radius 1 is 1.38 bits per heavy atom. The highest BCUT2D eigenvalue weighted by molar-refractivity contribution is 7.89. The Labute approximate surface area is 196 Å². The minimum Gasteiger partial charge on any atom is -0.496 e. The molecule has 0 aliphatic carbocycles. The summed E-state index contributed by atoms with van der Waals surface area (Å²) in [5, 5.41) is 10.0. The van der Waals surface area contributed by atoms with Gasteiger partial charge in [-0.05, 0) is 45.1 Å². The number of rotatable bonds is 8. The molecule has 0 saturated carbocycles. The van der Waals surface area contributed by atoms with Crippen molar-refractivity contribution < 1.29 is 17.9 Å². The molecule has 1 aromatic heterocycles. The molecule has 1 N–H and O–H groups in total. The molecule has 0 aliphatic heterocycles. The van der Waals surface area contributed by atoms with E-state index in [4.69, 9.17) is 21.6 Å². The first-order valence-electron chi connectivity index (χ1n) is 9.30. The standard InChI is InChI=1S/C21H23ClN4O4S2/c1-13(11-23)6-7-14(2)26(12-16-8-9-17(22)10-18(16)30-4)21-24-19(15(3)31-21)20(27)25-32(5,28)29/h6-10H,12H2,1-5H3,(H,25,27)/b13-6+,14-7+. The Morgan fingerprint density at radius 2 is 2.06 bits per heavy atom. The number of nitriles is 1. The predicted molar refractivity (Wildman–Crippen MR) is 126 cm³/mol. The summed E-state index contributed by atoms with van der Waals surface area (Å²) in [5.41, 5.74) is 2.12. The van der Waals surface area contributed by atoms with Crippen LogP contribution in [0.15, 0.2) is 41.6 Å². The SMILES string of the molecule is COc1cc(Cl)ccc1CN(/C(C)=C/C=C(\C)C#N)c1nc(C(=O)NS(C)(=O)=O)c(C)s1. The van der Waals surface area contributed by atoms with Gasteiger partial charge in [0, 0.05) is 26.7 Å². The maximum Gasteiger partial charge on any atom is 0.284 e. The van der Waals surface area contributed by atoms with E-state index in [0.717, 1.165) is 17.5 Å². The van der Waals surface area contributed by atoms with Gasteiger partial charge in [-0.3, -0.25) is 4.79 Å². The summed E-state index contributed by atoms with van der Waals surface area (Å²) < 4.78 is 30.3. The number of hydrogen-bond acceptors (Lipinski definition) is 8. The number of aryl methyl sites for hydroxylation is 1. The highest BCUT2D eigenvalue weighted by Gasteiger charge is 2.23. The molecule has 32 heavy (non-hydrogen) atoms. The Bertz CT molecular complexity index is 1230. The highest BCUT2D eigenvalue weighted by Crippen LogP contribution is 2.32. The first-order chi connectivity index (χ1) is 14.9. The van der Waals surface area contributed by atoms with Crippen molar-refractivity contribution in [3.8, 4) is 11.8 Å². The van der Waals surface area contributed by atoms with Crippen LogP contribution in [0.2, 0.25) is 5.02 Å². The summed E-state index contributed by atoms with van der Waals surface area (Å²) in [7, 11) is -2.18. The molecule has 0 bridgehead atoms. The van der Waals surface area contributed by atoms with E-state index in [1.54, 1.807) is 45.2 Å². The lowest BCUT2D eigenvalue weighted by molar-refractivity contribution is 0.0977. The fourth-order valence-electron chi connectivity index (χ4n) is 2.66. The molecule has 0 aliphatic rings. The van der Waals surface area contributed by atoms with Crippen LogP contribution in [0.3, 0.4) is 0 Å². The van der Waals surface area contributed by atoms with Gasteiger partial charge in [0.05, 0.1) is 26.0 Å². The van der Waals surface area contributed by atoms with Crippen LogP contribution in [0.5, 0.6) is 5.75 Å². The van der Waals surface area contributed by atoms with Gasteiger partial charge in [-0.15, -0.1) is 11.3 Å². The summed E-state index contributed by atoms with van der Waals surface area (Å²) in [6.07, 6.45) is 4.36. The third-order valence-electron chi connectivity index (χ3n) is 4.26. The molecule has 2 aromatic rings. The Balaban J connectivity index is 2.54. The van der Waals surface area contributed by atoms with Gasteiger partial charge in [-0.25, -0.2) is 18.1 Å². The van der Waals surface area contributed by atoms with Crippen LogP contribution in [-0.2, 0) is 16.6 Å². The number of hydrogen-bond donors (Lipinski definition) is 1. The summed E-state index contributed by atoms with van der Waals surface area (Å²) in [5.74, 6) is -0.208. The summed E-state index contributed by atoms with van der Waals surface area (Å²) >= 11 is 7.32. The topological polar surface area (TPSA) is 112 Å². The molecule has 0 fully saturated rings. The Hall–Kier alpha value is -2.87. The zero-order valence-corrected chi connectivity index (χ0v) is 20.7. The zero-order valence-electron chi connectivity index (χ0n) is 18.3. The van der Waals surface area contributed by atoms with Gasteiger partial charge >= 0.3 is 0 Å². The van der Waals surface area contributed by atoms with E-state index >= 15 is 0 Å². The molecule has 11 heteroatoms.